The van der Waals surface area contributed by atoms with E-state index in [1.165, 1.54) is 0 Å². The molecule has 0 radical (unpaired) electrons. The Kier molecular flexibility index (Phi) is 8.12. The van der Waals surface area contributed by atoms with E-state index in [-0.39, 0.29) is 51.4 Å². The monoisotopic (exact) mass is 142 g/mol. The fourth-order valence-corrected chi connectivity index (χ4v) is 0.0833. The van der Waals surface area contributed by atoms with Crippen molar-refractivity contribution in [3.63, 3.8) is 0 Å². The van der Waals surface area contributed by atoms with Crippen LogP contribution in [0.5, 0.6) is 0 Å². The van der Waals surface area contributed by atoms with Crippen molar-refractivity contribution in [1.29, 1.82) is 0 Å². The second-order valence-corrected chi connectivity index (χ2v) is 0.779. The van der Waals surface area contributed by atoms with Crippen LogP contribution in [0.3, 0.4) is 0 Å². The van der Waals surface area contributed by atoms with E-state index in [9.17, 15) is 14.7 Å². The molecule has 0 saturated carbocycles. The van der Waals surface area contributed by atoms with Gasteiger partial charge in [0.05, 0.1) is 7.11 Å². The quantitative estimate of drug-likeness (QED) is 0.193. The molecule has 0 atom stereocenters. The molecule has 0 spiro atoms. The zero-order valence-corrected chi connectivity index (χ0v) is 7.76. The van der Waals surface area contributed by atoms with Crippen LogP contribution in [0.15, 0.2) is 0 Å². The molecule has 0 rings (SSSR count). The van der Waals surface area contributed by atoms with E-state index < -0.39 is 11.9 Å². The third kappa shape index (κ3) is 4.73. The summed E-state index contributed by atoms with van der Waals surface area (Å²) in [5, 5.41) is 9.34. The normalized spacial score (nSPS) is 6.62. The number of esters is 1. The van der Waals surface area contributed by atoms with Gasteiger partial charge in [0.1, 0.15) is 0 Å². The second kappa shape index (κ2) is 5.71. The van der Waals surface area contributed by atoms with Gasteiger partial charge in [0.25, 0.3) is 0 Å². The smallest absolute Gasteiger partial charge is 0.539 e. The van der Waals surface area contributed by atoms with Gasteiger partial charge < -0.3 is 14.6 Å². The van der Waals surface area contributed by atoms with Gasteiger partial charge in [-0.1, -0.05) is 0 Å². The summed E-state index contributed by atoms with van der Waals surface area (Å²) in [4.78, 5) is 19.0. The average Bonchev–Trinajstić information content (AvgIpc) is 1.65. The number of aliphatic carboxylic acids is 1. The van der Waals surface area contributed by atoms with Crippen molar-refractivity contribution in [2.45, 2.75) is 0 Å². The van der Waals surface area contributed by atoms with Crippen LogP contribution in [0.25, 0.3) is 0 Å². The first kappa shape index (κ1) is 11.4. The van der Waals surface area contributed by atoms with E-state index in [2.05, 4.69) is 4.74 Å². The summed E-state index contributed by atoms with van der Waals surface area (Å²) in [7, 11) is 0.970. The number of carbonyl (C=O) groups is 2. The minimum absolute atomic E-state index is 0. The zero-order chi connectivity index (χ0) is 5.86. The Balaban J connectivity index is 0. The van der Waals surface area contributed by atoms with Crippen LogP contribution in [0, 0.1) is 0 Å². The second-order valence-electron chi connectivity index (χ2n) is 0.779. The Labute approximate surface area is 88.6 Å². The molecule has 0 amide bonds. The number of rotatable bonds is 0. The molecule has 8 heavy (non-hydrogen) atoms. The number of carboxylic acids is 1. The summed E-state index contributed by atoms with van der Waals surface area (Å²) >= 11 is 0. The Morgan fingerprint density at radius 1 is 1.50 bits per heavy atom. The zero-order valence-electron chi connectivity index (χ0n) is 4.63. The van der Waals surface area contributed by atoms with Crippen molar-refractivity contribution in [3.05, 3.63) is 0 Å². The van der Waals surface area contributed by atoms with Crippen molar-refractivity contribution in [2.24, 2.45) is 0 Å². The van der Waals surface area contributed by atoms with Crippen LogP contribution < -0.4 is 56.5 Å². The summed E-state index contributed by atoms with van der Waals surface area (Å²) in [5.41, 5.74) is 0. The molecule has 5 heteroatoms. The maximum absolute atomic E-state index is 9.63. The Morgan fingerprint density at radius 2 is 1.88 bits per heavy atom. The number of ether oxygens (including phenoxy) is 1. The van der Waals surface area contributed by atoms with Crippen molar-refractivity contribution in [3.8, 4) is 0 Å². The van der Waals surface area contributed by atoms with E-state index in [4.69, 9.17) is 0 Å². The van der Waals surface area contributed by atoms with Gasteiger partial charge in [-0.05, 0) is 0 Å². The van der Waals surface area contributed by atoms with Crippen molar-refractivity contribution >= 4 is 11.9 Å². The van der Waals surface area contributed by atoms with Gasteiger partial charge in [-0.25, -0.2) is 4.79 Å². The van der Waals surface area contributed by atoms with E-state index in [1.54, 1.807) is 0 Å². The number of carboxylic acid groups (broad SMARTS) is 1. The van der Waals surface area contributed by atoms with Crippen LogP contribution in [0.1, 0.15) is 0 Å². The van der Waals surface area contributed by atoms with Crippen LogP contribution >= 0.6 is 0 Å². The van der Waals surface area contributed by atoms with Gasteiger partial charge in [0, 0.05) is 0 Å². The van der Waals surface area contributed by atoms with Gasteiger partial charge in [0.15, 0.2) is 5.97 Å². The summed E-state index contributed by atoms with van der Waals surface area (Å²) in [6.45, 7) is 0. The number of methoxy groups -OCH3 is 1. The molecule has 4 nitrogen and oxygen atoms in total. The van der Waals surface area contributed by atoms with Crippen molar-refractivity contribution in [1.82, 2.24) is 0 Å². The maximum Gasteiger partial charge on any atom is 1.00 e. The van der Waals surface area contributed by atoms with Crippen molar-refractivity contribution < 1.29 is 70.8 Å². The first-order chi connectivity index (χ1) is 3.18. The first-order valence-electron chi connectivity index (χ1n) is 1.47. The Morgan fingerprint density at radius 3 is 1.88 bits per heavy atom. The van der Waals surface area contributed by atoms with Gasteiger partial charge in [-0.2, -0.15) is 0 Å². The molecule has 0 aromatic carbocycles. The first-order valence-corrected chi connectivity index (χ1v) is 1.47. The molecule has 0 aliphatic carbocycles. The van der Waals surface area contributed by atoms with Gasteiger partial charge in [-0.3, -0.25) is 0 Å². The predicted octanol–water partition coefficient (Wildman–Crippen LogP) is -5.09. The average molecular weight is 142 g/mol. The molecule has 0 aromatic rings. The molecule has 40 valence electrons. The maximum atomic E-state index is 9.63. The number of carbonyl (C=O) groups excluding carboxylic acids is 2. The van der Waals surface area contributed by atoms with Crippen LogP contribution in [-0.2, 0) is 14.3 Å². The molecule has 0 aliphatic rings. The van der Waals surface area contributed by atoms with Gasteiger partial charge in [-0.15, -0.1) is 0 Å². The standard InChI is InChI=1S/C3H4O4.K/c1-7-3(6)2(4)5;/h1H3,(H,4,5);/q;+1/p-1. The molecule has 0 N–H and O–H groups in total. The summed E-state index contributed by atoms with van der Waals surface area (Å²) in [6, 6.07) is 0. The molecular formula is C3H3KO4. The number of hydrogen-bond donors (Lipinski definition) is 0. The third-order valence-corrected chi connectivity index (χ3v) is 0.352. The fourth-order valence-electron chi connectivity index (χ4n) is 0.0833. The minimum Gasteiger partial charge on any atom is -0.539 e. The van der Waals surface area contributed by atoms with Crippen LogP contribution in [-0.4, -0.2) is 19.0 Å². The molecule has 0 unspecified atom stereocenters. The molecule has 0 fully saturated rings. The topological polar surface area (TPSA) is 66.4 Å². The summed E-state index contributed by atoms with van der Waals surface area (Å²) in [5.74, 6) is -3.16. The molecule has 0 aromatic heterocycles. The van der Waals surface area contributed by atoms with Gasteiger partial charge in [0.2, 0.25) is 0 Å². The largest absolute Gasteiger partial charge is 1.00 e. The van der Waals surface area contributed by atoms with Gasteiger partial charge >= 0.3 is 57.4 Å². The molecular weight excluding hydrogens is 139 g/mol. The summed E-state index contributed by atoms with van der Waals surface area (Å²) in [6.07, 6.45) is 0. The van der Waals surface area contributed by atoms with E-state index in [0.29, 0.717) is 0 Å². The summed E-state index contributed by atoms with van der Waals surface area (Å²) < 4.78 is 3.71. The Hall–Kier alpha value is 0.576. The number of hydrogen-bond acceptors (Lipinski definition) is 4. The molecule has 0 bridgehead atoms. The predicted molar refractivity (Wildman–Crippen MR) is 17.0 cm³/mol. The molecule has 0 aliphatic heterocycles. The van der Waals surface area contributed by atoms with Crippen molar-refractivity contribution in [2.75, 3.05) is 7.11 Å². The van der Waals surface area contributed by atoms with E-state index >= 15 is 0 Å². The molecule has 0 saturated heterocycles. The molecule has 0 heterocycles. The Bertz CT molecular complexity index is 99.5. The minimum atomic E-state index is -1.82. The van der Waals surface area contributed by atoms with E-state index in [1.807, 2.05) is 0 Å². The fraction of sp³-hybridized carbons (Fsp3) is 0.333. The van der Waals surface area contributed by atoms with Crippen LogP contribution in [0.2, 0.25) is 0 Å². The SMILES string of the molecule is COC(=O)C(=O)[O-].[K+]. The van der Waals surface area contributed by atoms with E-state index in [0.717, 1.165) is 7.11 Å². The van der Waals surface area contributed by atoms with Crippen LogP contribution in [0.4, 0.5) is 0 Å². The third-order valence-electron chi connectivity index (χ3n) is 0.352.